The van der Waals surface area contributed by atoms with Crippen molar-refractivity contribution in [2.75, 3.05) is 13.2 Å². The van der Waals surface area contributed by atoms with Crippen LogP contribution in [0, 0.1) is 11.8 Å². The second-order valence-corrected chi connectivity index (χ2v) is 9.00. The number of hydrogen-bond acceptors (Lipinski definition) is 2. The minimum atomic E-state index is -0.826. The molecule has 2 nitrogen and oxygen atoms in total. The topological polar surface area (TPSA) is 40.5 Å². The minimum absolute atomic E-state index is 0. The fourth-order valence-corrected chi connectivity index (χ4v) is 1.83. The van der Waals surface area contributed by atoms with Crippen molar-refractivity contribution < 1.29 is 107 Å². The van der Waals surface area contributed by atoms with E-state index >= 15 is 0 Å². The molecule has 2 unspecified atom stereocenters. The minimum Gasteiger partial charge on any atom is 4.00 e. The Bertz CT molecular complexity index is 156. The molecule has 2 atom stereocenters. The first-order chi connectivity index (χ1) is 10.1. The zero-order valence-corrected chi connectivity index (χ0v) is 27.0. The summed E-state index contributed by atoms with van der Waals surface area (Å²) in [5, 5.41) is 17.5. The molecule has 0 heterocycles. The molecule has 0 bridgehead atoms. The predicted octanol–water partition coefficient (Wildman–Crippen LogP) is -6.22. The van der Waals surface area contributed by atoms with Crippen LogP contribution in [0.5, 0.6) is 0 Å². The molecule has 0 spiro atoms. The third-order valence-electron chi connectivity index (χ3n) is 3.60. The normalized spacial score (nSPS) is 10.0. The van der Waals surface area contributed by atoms with E-state index < -0.39 is 20.8 Å². The van der Waals surface area contributed by atoms with Gasteiger partial charge in [-0.1, -0.05) is 66.2 Å². The molecule has 0 rings (SSSR count). The number of unbranched alkanes of at least 4 members (excludes halogenated alkanes) is 2. The van der Waals surface area contributed by atoms with Crippen molar-refractivity contribution in [1.29, 1.82) is 0 Å². The molecule has 0 aliphatic rings. The predicted molar refractivity (Wildman–Crippen MR) is 92.5 cm³/mol. The van der Waals surface area contributed by atoms with Gasteiger partial charge in [0.15, 0.2) is 0 Å². The Labute approximate surface area is 225 Å². The Kier molecular flexibility index (Phi) is 102. The molecule has 0 aromatic carbocycles. The van der Waals surface area contributed by atoms with Gasteiger partial charge in [-0.05, 0) is 24.7 Å². The maximum atomic E-state index is 8.75. The van der Waals surface area contributed by atoms with Crippen LogP contribution in [0.3, 0.4) is 0 Å². The van der Waals surface area contributed by atoms with E-state index in [1.54, 1.807) is 0 Å². The number of rotatable bonds is 10. The summed E-state index contributed by atoms with van der Waals surface area (Å²) in [5.74, 6) is 1.12. The number of aliphatic hydroxyl groups excluding tert-OH is 2. The second kappa shape index (κ2) is 51.2. The van der Waals surface area contributed by atoms with Gasteiger partial charge in [0.05, 0.1) is 0 Å². The fourth-order valence-electron chi connectivity index (χ4n) is 1.83. The number of aliphatic hydroxyl groups is 2. The van der Waals surface area contributed by atoms with Gasteiger partial charge in [-0.3, -0.25) is 0 Å². The SMILES string of the molecule is CCCCC(CC)CO.CCCCC(CC)CO.[Cl-].[Cl-].[Cl-].[Cl-].[Cl][Zr][Cl].[Hf+4]. The van der Waals surface area contributed by atoms with E-state index in [-0.39, 0.29) is 75.5 Å². The molecule has 0 fully saturated rings. The Morgan fingerprint density at radius 1 is 0.692 bits per heavy atom. The van der Waals surface area contributed by atoms with E-state index in [0.717, 1.165) is 12.8 Å². The molecule has 10 heteroatoms. The van der Waals surface area contributed by atoms with E-state index in [2.05, 4.69) is 27.7 Å². The molecule has 2 N–H and O–H groups in total. The zero-order chi connectivity index (χ0) is 16.9. The largest absolute Gasteiger partial charge is 4.00 e. The maximum Gasteiger partial charge on any atom is 4.00 e. The van der Waals surface area contributed by atoms with Crippen LogP contribution in [0.25, 0.3) is 0 Å². The van der Waals surface area contributed by atoms with E-state index in [0.29, 0.717) is 25.0 Å². The monoisotopic (exact) mass is 740 g/mol. The third-order valence-corrected chi connectivity index (χ3v) is 3.60. The molecule has 0 saturated heterocycles. The quantitative estimate of drug-likeness (QED) is 0.219. The maximum absolute atomic E-state index is 8.75. The van der Waals surface area contributed by atoms with Gasteiger partial charge in [0, 0.05) is 13.2 Å². The standard InChI is InChI=1S/2C8H18O.6ClH.Hf.Zr/c2*1-3-5-6-8(4-2)7-9;;;;;;;;/h2*8-9H,3-7H2,1-2H3;6*1H;;/q;;;;;;;;+4;+2/p-6. The van der Waals surface area contributed by atoms with Crippen molar-refractivity contribution in [2.24, 2.45) is 11.8 Å². The van der Waals surface area contributed by atoms with Crippen LogP contribution < -0.4 is 49.6 Å². The number of hydrogen-bond donors (Lipinski definition) is 2. The molecule has 26 heavy (non-hydrogen) atoms. The Balaban J connectivity index is -0.0000000308. The molecule has 0 saturated carbocycles. The van der Waals surface area contributed by atoms with Crippen molar-refractivity contribution in [3.05, 3.63) is 0 Å². The molecule has 0 aliphatic carbocycles. The summed E-state index contributed by atoms with van der Waals surface area (Å²) in [7, 11) is 9.87. The van der Waals surface area contributed by atoms with E-state index in [1.165, 1.54) is 38.5 Å². The smallest absolute Gasteiger partial charge is 4.00 e. The summed E-state index contributed by atoms with van der Waals surface area (Å²) in [5.41, 5.74) is 0. The Morgan fingerprint density at radius 2 is 0.923 bits per heavy atom. The average Bonchev–Trinajstić information content (AvgIpc) is 2.51. The summed E-state index contributed by atoms with van der Waals surface area (Å²) in [6, 6.07) is 0. The first-order valence-corrected chi connectivity index (χ1v) is 14.6. The van der Waals surface area contributed by atoms with Gasteiger partial charge in [0.2, 0.25) is 0 Å². The molecular weight excluding hydrogens is 707 g/mol. The molecule has 0 radical (unpaired) electrons. The van der Waals surface area contributed by atoms with Crippen LogP contribution in [-0.4, -0.2) is 23.4 Å². The number of halogens is 6. The van der Waals surface area contributed by atoms with Gasteiger partial charge in [-0.2, -0.15) is 0 Å². The summed E-state index contributed by atoms with van der Waals surface area (Å²) in [6.45, 7) is 9.38. The molecule has 0 aromatic heterocycles. The van der Waals surface area contributed by atoms with Gasteiger partial charge in [-0.25, -0.2) is 0 Å². The molecule has 0 aromatic rings. The van der Waals surface area contributed by atoms with Crippen LogP contribution in [0.4, 0.5) is 0 Å². The summed E-state index contributed by atoms with van der Waals surface area (Å²) in [4.78, 5) is 0. The van der Waals surface area contributed by atoms with Gasteiger partial charge in [0.25, 0.3) is 0 Å². The summed E-state index contributed by atoms with van der Waals surface area (Å²) in [6.07, 6.45) is 9.66. The van der Waals surface area contributed by atoms with E-state index in [1.807, 2.05) is 0 Å². The van der Waals surface area contributed by atoms with Crippen molar-refractivity contribution in [2.45, 2.75) is 79.1 Å². The van der Waals surface area contributed by atoms with Gasteiger partial charge in [0.1, 0.15) is 0 Å². The van der Waals surface area contributed by atoms with Crippen LogP contribution in [0.2, 0.25) is 0 Å². The Hall–Kier alpha value is 3.41. The van der Waals surface area contributed by atoms with Crippen LogP contribution in [-0.2, 0) is 46.7 Å². The van der Waals surface area contributed by atoms with Crippen LogP contribution in [0.15, 0.2) is 0 Å². The average molecular weight is 743 g/mol. The molecular formula is C16H36Cl6HfO2Zr. The van der Waals surface area contributed by atoms with Crippen molar-refractivity contribution in [3.63, 3.8) is 0 Å². The van der Waals surface area contributed by atoms with Crippen LogP contribution >= 0.6 is 17.0 Å². The van der Waals surface area contributed by atoms with Crippen molar-refractivity contribution >= 4 is 17.0 Å². The van der Waals surface area contributed by atoms with Crippen molar-refractivity contribution in [1.82, 2.24) is 0 Å². The van der Waals surface area contributed by atoms with Crippen LogP contribution in [0.1, 0.15) is 79.1 Å². The molecule has 0 aliphatic heterocycles. The molecule has 162 valence electrons. The fraction of sp³-hybridized carbons (Fsp3) is 1.00. The first-order valence-electron chi connectivity index (χ1n) is 8.29. The van der Waals surface area contributed by atoms with Gasteiger partial charge < -0.3 is 59.8 Å². The third kappa shape index (κ3) is 50.7. The second-order valence-electron chi connectivity index (χ2n) is 5.27. The van der Waals surface area contributed by atoms with E-state index in [9.17, 15) is 0 Å². The molecule has 0 amide bonds. The zero-order valence-electron chi connectivity index (χ0n) is 16.4. The Morgan fingerprint density at radius 3 is 1.04 bits per heavy atom. The van der Waals surface area contributed by atoms with Gasteiger partial charge >= 0.3 is 63.7 Å². The van der Waals surface area contributed by atoms with E-state index in [4.69, 9.17) is 27.2 Å². The first kappa shape index (κ1) is 51.8. The van der Waals surface area contributed by atoms with Gasteiger partial charge in [-0.15, -0.1) is 0 Å². The summed E-state index contributed by atoms with van der Waals surface area (Å²) >= 11 is -0.826. The summed E-state index contributed by atoms with van der Waals surface area (Å²) < 4.78 is 0. The van der Waals surface area contributed by atoms with Crippen molar-refractivity contribution in [3.8, 4) is 0 Å².